The molecule has 0 aromatic heterocycles. The van der Waals surface area contributed by atoms with E-state index in [2.05, 4.69) is 0 Å². The molecule has 1 aromatic rings. The van der Waals surface area contributed by atoms with E-state index in [1.165, 1.54) is 12.1 Å². The van der Waals surface area contributed by atoms with Crippen LogP contribution in [0.2, 0.25) is 0 Å². The van der Waals surface area contributed by atoms with E-state index >= 15 is 0 Å². The van der Waals surface area contributed by atoms with Crippen molar-refractivity contribution in [2.45, 2.75) is 12.1 Å². The fourth-order valence-electron chi connectivity index (χ4n) is 1.37. The van der Waals surface area contributed by atoms with Crippen LogP contribution in [0.4, 0.5) is 0 Å². The Bertz CT molecular complexity index is 463. The van der Waals surface area contributed by atoms with Crippen LogP contribution in [-0.4, -0.2) is 26.6 Å². The molecule has 1 atom stereocenters. The van der Waals surface area contributed by atoms with Gasteiger partial charge in [-0.1, -0.05) is 30.3 Å². The van der Waals surface area contributed by atoms with Gasteiger partial charge < -0.3 is 14.9 Å². The van der Waals surface area contributed by atoms with Crippen molar-refractivity contribution in [3.8, 4) is 0 Å². The topological polar surface area (TPSA) is 112 Å². The van der Waals surface area contributed by atoms with Gasteiger partial charge in [-0.3, -0.25) is 9.36 Å². The lowest BCUT2D eigenvalue weighted by Crippen LogP contribution is -2.16. The average molecular weight is 258 g/mol. The molecule has 0 saturated carbocycles. The molecule has 0 saturated heterocycles. The van der Waals surface area contributed by atoms with Gasteiger partial charge >= 0.3 is 13.6 Å². The molecule has 92 valence electrons. The minimum Gasteiger partial charge on any atom is -0.476 e. The Morgan fingerprint density at radius 1 is 1.18 bits per heavy atom. The lowest BCUT2D eigenvalue weighted by molar-refractivity contribution is -0.149. The highest BCUT2D eigenvalue weighted by Crippen LogP contribution is 2.53. The minimum absolute atomic E-state index is 0.246. The van der Waals surface area contributed by atoms with Crippen LogP contribution < -0.4 is 0 Å². The maximum atomic E-state index is 11.2. The van der Waals surface area contributed by atoms with E-state index in [1.54, 1.807) is 18.2 Å². The molecule has 0 radical (unpaired) electrons. The second-order valence-electron chi connectivity index (χ2n) is 3.45. The van der Waals surface area contributed by atoms with Gasteiger partial charge in [0.2, 0.25) is 5.78 Å². The molecule has 1 aromatic carbocycles. The number of carbonyl (C=O) groups excluding carboxylic acids is 1. The Balaban J connectivity index is 3.03. The summed E-state index contributed by atoms with van der Waals surface area (Å²) in [7, 11) is -4.58. The van der Waals surface area contributed by atoms with Crippen molar-refractivity contribution in [2.75, 3.05) is 0 Å². The second kappa shape index (κ2) is 5.23. The summed E-state index contributed by atoms with van der Waals surface area (Å²) in [6.45, 7) is 0. The van der Waals surface area contributed by atoms with Gasteiger partial charge in [-0.15, -0.1) is 0 Å². The van der Waals surface area contributed by atoms with Gasteiger partial charge in [-0.25, -0.2) is 4.79 Å². The average Bonchev–Trinajstić information content (AvgIpc) is 2.25. The summed E-state index contributed by atoms with van der Waals surface area (Å²) in [4.78, 5) is 39.7. The summed E-state index contributed by atoms with van der Waals surface area (Å²) < 4.78 is 11.2. The summed E-state index contributed by atoms with van der Waals surface area (Å²) in [5, 5.41) is 8.44. The summed E-state index contributed by atoms with van der Waals surface area (Å²) in [6.07, 6.45) is -0.719. The largest absolute Gasteiger partial charge is 0.476 e. The number of Topliss-reactive ketones (excluding diaryl/α,β-unsaturated/α-hetero) is 1. The van der Waals surface area contributed by atoms with E-state index in [0.717, 1.165) is 0 Å². The predicted molar refractivity (Wildman–Crippen MR) is 58.5 cm³/mol. The van der Waals surface area contributed by atoms with E-state index in [1.807, 2.05) is 0 Å². The SMILES string of the molecule is O=C(O)C(=O)CC(c1ccccc1)P(=O)(O)O. The lowest BCUT2D eigenvalue weighted by Gasteiger charge is -2.17. The van der Waals surface area contributed by atoms with Crippen LogP contribution >= 0.6 is 7.60 Å². The number of carbonyl (C=O) groups is 2. The zero-order valence-corrected chi connectivity index (χ0v) is 9.58. The van der Waals surface area contributed by atoms with E-state index in [-0.39, 0.29) is 5.56 Å². The van der Waals surface area contributed by atoms with Crippen molar-refractivity contribution in [1.29, 1.82) is 0 Å². The fourth-order valence-corrected chi connectivity index (χ4v) is 2.33. The van der Waals surface area contributed by atoms with Crippen molar-refractivity contribution in [1.82, 2.24) is 0 Å². The summed E-state index contributed by atoms with van der Waals surface area (Å²) in [5.41, 5.74) is -1.16. The third-order valence-electron chi connectivity index (χ3n) is 2.21. The first kappa shape index (κ1) is 13.6. The molecule has 0 aliphatic rings. The lowest BCUT2D eigenvalue weighted by atomic mass is 10.1. The normalized spacial score (nSPS) is 13.1. The molecule has 6 nitrogen and oxygen atoms in total. The third-order valence-corrected chi connectivity index (χ3v) is 3.50. The molecule has 7 heteroatoms. The molecule has 17 heavy (non-hydrogen) atoms. The zero-order chi connectivity index (χ0) is 13.1. The van der Waals surface area contributed by atoms with Crippen molar-refractivity contribution in [2.24, 2.45) is 0 Å². The highest BCUT2D eigenvalue weighted by atomic mass is 31.2. The molecular weight excluding hydrogens is 247 g/mol. The number of hydrogen-bond acceptors (Lipinski definition) is 3. The molecule has 0 fully saturated rings. The number of ketones is 1. The minimum atomic E-state index is -4.58. The Hall–Kier alpha value is -1.49. The highest BCUT2D eigenvalue weighted by molar-refractivity contribution is 7.52. The summed E-state index contributed by atoms with van der Waals surface area (Å²) >= 11 is 0. The number of benzene rings is 1. The standard InChI is InChI=1S/C10H11O6P/c11-8(10(12)13)6-9(17(14,15)16)7-4-2-1-3-5-7/h1-5,9H,6H2,(H,12,13)(H2,14,15,16). The van der Waals surface area contributed by atoms with Gasteiger partial charge in [0.05, 0.1) is 5.66 Å². The summed E-state index contributed by atoms with van der Waals surface area (Å²) in [5.74, 6) is -2.92. The van der Waals surface area contributed by atoms with Gasteiger partial charge in [-0.2, -0.15) is 0 Å². The molecule has 0 spiro atoms. The number of carboxylic acid groups (broad SMARTS) is 1. The molecule has 1 unspecified atom stereocenters. The molecule has 0 amide bonds. The van der Waals surface area contributed by atoms with Crippen LogP contribution in [0.1, 0.15) is 17.6 Å². The van der Waals surface area contributed by atoms with Crippen molar-refractivity contribution in [3.63, 3.8) is 0 Å². The number of carboxylic acids is 1. The molecule has 0 bridgehead atoms. The number of hydrogen-bond donors (Lipinski definition) is 3. The number of rotatable bonds is 5. The second-order valence-corrected chi connectivity index (χ2v) is 5.25. The Labute approximate surface area is 97.1 Å². The molecule has 1 rings (SSSR count). The van der Waals surface area contributed by atoms with Crippen molar-refractivity contribution in [3.05, 3.63) is 35.9 Å². The van der Waals surface area contributed by atoms with Gasteiger partial charge in [0.25, 0.3) is 0 Å². The number of aliphatic carboxylic acids is 1. The Morgan fingerprint density at radius 3 is 2.12 bits per heavy atom. The maximum absolute atomic E-state index is 11.2. The van der Waals surface area contributed by atoms with Gasteiger partial charge in [0.1, 0.15) is 0 Å². The quantitative estimate of drug-likeness (QED) is 0.535. The van der Waals surface area contributed by atoms with Crippen LogP contribution in [0.5, 0.6) is 0 Å². The van der Waals surface area contributed by atoms with Crippen molar-refractivity contribution >= 4 is 19.3 Å². The van der Waals surface area contributed by atoms with Crippen LogP contribution in [0, 0.1) is 0 Å². The fraction of sp³-hybridized carbons (Fsp3) is 0.200. The first-order valence-corrected chi connectivity index (χ1v) is 6.37. The van der Waals surface area contributed by atoms with Crippen molar-refractivity contribution < 1.29 is 29.0 Å². The van der Waals surface area contributed by atoms with Gasteiger partial charge in [0.15, 0.2) is 0 Å². The van der Waals surface area contributed by atoms with E-state index in [9.17, 15) is 14.2 Å². The van der Waals surface area contributed by atoms with Crippen LogP contribution in [0.3, 0.4) is 0 Å². The molecule has 0 aliphatic carbocycles. The van der Waals surface area contributed by atoms with Crippen LogP contribution in [-0.2, 0) is 14.2 Å². The van der Waals surface area contributed by atoms with E-state index < -0.39 is 31.4 Å². The smallest absolute Gasteiger partial charge is 0.372 e. The zero-order valence-electron chi connectivity index (χ0n) is 8.68. The predicted octanol–water partition coefficient (Wildman–Crippen LogP) is 0.949. The van der Waals surface area contributed by atoms with Gasteiger partial charge in [-0.05, 0) is 5.56 Å². The van der Waals surface area contributed by atoms with Gasteiger partial charge in [0, 0.05) is 6.42 Å². The van der Waals surface area contributed by atoms with Crippen LogP contribution in [0.15, 0.2) is 30.3 Å². The molecule has 0 aliphatic heterocycles. The first-order valence-electron chi connectivity index (χ1n) is 4.68. The highest BCUT2D eigenvalue weighted by Gasteiger charge is 2.34. The van der Waals surface area contributed by atoms with Crippen LogP contribution in [0.25, 0.3) is 0 Å². The monoisotopic (exact) mass is 258 g/mol. The Morgan fingerprint density at radius 2 is 1.71 bits per heavy atom. The van der Waals surface area contributed by atoms with E-state index in [0.29, 0.717) is 0 Å². The maximum Gasteiger partial charge on any atom is 0.372 e. The molecule has 0 heterocycles. The third kappa shape index (κ3) is 3.78. The van der Waals surface area contributed by atoms with E-state index in [4.69, 9.17) is 14.9 Å². The molecule has 3 N–H and O–H groups in total. The summed E-state index contributed by atoms with van der Waals surface area (Å²) in [6, 6.07) is 7.66. The Kier molecular flexibility index (Phi) is 4.17. The first-order chi connectivity index (χ1) is 7.82. The molecular formula is C10H11O6P.